The second kappa shape index (κ2) is 4.94. The van der Waals surface area contributed by atoms with Crippen molar-refractivity contribution >= 4 is 27.3 Å². The fourth-order valence-electron chi connectivity index (χ4n) is 1.16. The molecule has 0 saturated carbocycles. The number of nitrogens with one attached hydrogen (secondary N) is 1. The maximum Gasteiger partial charge on any atom is 0.0731 e. The second-order valence-electron chi connectivity index (χ2n) is 2.88. The fraction of sp³-hybridized carbons (Fsp3) is 0.400. The van der Waals surface area contributed by atoms with Crippen LogP contribution < -0.4 is 5.32 Å². The largest absolute Gasteiger partial charge is 0.306 e. The van der Waals surface area contributed by atoms with E-state index in [4.69, 9.17) is 0 Å². The molecule has 13 heavy (non-hydrogen) atoms. The number of rotatable bonds is 4. The molecule has 0 aliphatic carbocycles. The van der Waals surface area contributed by atoms with Crippen LogP contribution in [0.15, 0.2) is 22.5 Å². The Kier molecular flexibility index (Phi) is 4.16. The number of thiophene rings is 1. The molecule has 0 aliphatic heterocycles. The number of aryl methyl sites for hydroxylation is 1. The van der Waals surface area contributed by atoms with E-state index in [1.807, 2.05) is 6.08 Å². The average molecular weight is 260 g/mol. The Morgan fingerprint density at radius 3 is 2.85 bits per heavy atom. The topological polar surface area (TPSA) is 12.0 Å². The molecule has 1 nitrogen and oxygen atoms in total. The zero-order valence-electron chi connectivity index (χ0n) is 7.93. The zero-order valence-corrected chi connectivity index (χ0v) is 10.3. The maximum atomic E-state index is 3.82. The Bertz CT molecular complexity index is 274. The fourth-order valence-corrected chi connectivity index (χ4v) is 2.80. The van der Waals surface area contributed by atoms with Crippen molar-refractivity contribution in [3.63, 3.8) is 0 Å². The third-order valence-electron chi connectivity index (χ3n) is 1.84. The molecule has 0 fully saturated rings. The van der Waals surface area contributed by atoms with Crippen molar-refractivity contribution in [2.24, 2.45) is 0 Å². The van der Waals surface area contributed by atoms with E-state index in [-0.39, 0.29) is 0 Å². The number of halogens is 1. The van der Waals surface area contributed by atoms with Crippen LogP contribution in [-0.4, -0.2) is 6.54 Å². The zero-order chi connectivity index (χ0) is 9.84. The van der Waals surface area contributed by atoms with Crippen molar-refractivity contribution in [1.82, 2.24) is 5.32 Å². The van der Waals surface area contributed by atoms with Crippen molar-refractivity contribution in [3.05, 3.63) is 32.9 Å². The molecule has 1 aromatic heterocycles. The summed E-state index contributed by atoms with van der Waals surface area (Å²) in [5.74, 6) is 0. The lowest BCUT2D eigenvalue weighted by Crippen LogP contribution is -2.17. The summed E-state index contributed by atoms with van der Waals surface area (Å²) < 4.78 is 1.22. The van der Waals surface area contributed by atoms with Crippen LogP contribution in [0.3, 0.4) is 0 Å². The molecule has 1 aromatic rings. The summed E-state index contributed by atoms with van der Waals surface area (Å²) in [4.78, 5) is 1.32. The molecule has 0 saturated heterocycles. The lowest BCUT2D eigenvalue weighted by molar-refractivity contribution is 0.658. The molecule has 1 N–H and O–H groups in total. The Labute approximate surface area is 92.0 Å². The monoisotopic (exact) mass is 259 g/mol. The first-order valence-electron chi connectivity index (χ1n) is 4.30. The van der Waals surface area contributed by atoms with Gasteiger partial charge in [0.1, 0.15) is 0 Å². The summed E-state index contributed by atoms with van der Waals surface area (Å²) in [7, 11) is 0. The molecule has 72 valence electrons. The van der Waals surface area contributed by atoms with Crippen LogP contribution in [0, 0.1) is 6.92 Å². The van der Waals surface area contributed by atoms with Gasteiger partial charge in [-0.05, 0) is 41.0 Å². The third kappa shape index (κ3) is 2.66. The highest BCUT2D eigenvalue weighted by atomic mass is 79.9. The molecular weight excluding hydrogens is 246 g/mol. The number of likely N-dealkylation sites (N-methyl/N-ethyl adjacent to an activating group) is 1. The molecule has 0 spiro atoms. The van der Waals surface area contributed by atoms with Gasteiger partial charge in [0.2, 0.25) is 0 Å². The van der Waals surface area contributed by atoms with E-state index < -0.39 is 0 Å². The second-order valence-corrected chi connectivity index (χ2v) is 5.28. The van der Waals surface area contributed by atoms with E-state index in [1.54, 1.807) is 11.3 Å². The van der Waals surface area contributed by atoms with E-state index in [0.29, 0.717) is 6.04 Å². The minimum absolute atomic E-state index is 0.292. The van der Waals surface area contributed by atoms with Gasteiger partial charge >= 0.3 is 0 Å². The van der Waals surface area contributed by atoms with Gasteiger partial charge in [0.25, 0.3) is 0 Å². The molecule has 0 aromatic carbocycles. The van der Waals surface area contributed by atoms with Crippen molar-refractivity contribution in [2.45, 2.75) is 19.9 Å². The molecular formula is C10H14BrNS. The summed E-state index contributed by atoms with van der Waals surface area (Å²) in [6, 6.07) is 2.49. The Morgan fingerprint density at radius 2 is 2.46 bits per heavy atom. The van der Waals surface area contributed by atoms with E-state index in [2.05, 4.69) is 47.7 Å². The average Bonchev–Trinajstić information content (AvgIpc) is 2.43. The van der Waals surface area contributed by atoms with Crippen LogP contribution in [0.2, 0.25) is 0 Å². The van der Waals surface area contributed by atoms with Crippen LogP contribution in [0.1, 0.15) is 23.4 Å². The van der Waals surface area contributed by atoms with Gasteiger partial charge in [0.05, 0.1) is 9.83 Å². The summed E-state index contributed by atoms with van der Waals surface area (Å²) in [6.07, 6.45) is 1.95. The van der Waals surface area contributed by atoms with Gasteiger partial charge in [-0.2, -0.15) is 0 Å². The first-order chi connectivity index (χ1) is 6.19. The van der Waals surface area contributed by atoms with E-state index in [9.17, 15) is 0 Å². The molecule has 1 heterocycles. The Balaban J connectivity index is 2.84. The normalized spacial score (nSPS) is 12.8. The molecule has 1 atom stereocenters. The van der Waals surface area contributed by atoms with Crippen LogP contribution in [0.5, 0.6) is 0 Å². The molecule has 0 bridgehead atoms. The predicted octanol–water partition coefficient (Wildman–Crippen LogP) is 3.66. The van der Waals surface area contributed by atoms with E-state index in [1.165, 1.54) is 14.2 Å². The van der Waals surface area contributed by atoms with E-state index in [0.717, 1.165) is 6.54 Å². The van der Waals surface area contributed by atoms with Gasteiger partial charge in [-0.15, -0.1) is 17.9 Å². The van der Waals surface area contributed by atoms with Crippen molar-refractivity contribution in [2.75, 3.05) is 6.54 Å². The first kappa shape index (κ1) is 11.0. The quantitative estimate of drug-likeness (QED) is 0.815. The van der Waals surface area contributed by atoms with Gasteiger partial charge in [0.15, 0.2) is 0 Å². The highest BCUT2D eigenvalue weighted by Crippen LogP contribution is 2.31. The molecule has 1 unspecified atom stereocenters. The molecule has 0 amide bonds. The van der Waals surface area contributed by atoms with Gasteiger partial charge in [-0.25, -0.2) is 0 Å². The highest BCUT2D eigenvalue weighted by Gasteiger charge is 2.10. The van der Waals surface area contributed by atoms with Gasteiger partial charge in [-0.1, -0.05) is 13.0 Å². The minimum Gasteiger partial charge on any atom is -0.306 e. The first-order valence-corrected chi connectivity index (χ1v) is 5.91. The SMILES string of the molecule is C=CC(NCC)c1cc(C)c(Br)s1. The molecule has 0 radical (unpaired) electrons. The van der Waals surface area contributed by atoms with Gasteiger partial charge in [0, 0.05) is 4.88 Å². The van der Waals surface area contributed by atoms with Crippen molar-refractivity contribution in [1.29, 1.82) is 0 Å². The lowest BCUT2D eigenvalue weighted by atomic mass is 10.2. The van der Waals surface area contributed by atoms with Crippen LogP contribution in [-0.2, 0) is 0 Å². The number of hydrogen-bond acceptors (Lipinski definition) is 2. The van der Waals surface area contributed by atoms with Crippen LogP contribution >= 0.6 is 27.3 Å². The molecule has 0 aliphatic rings. The smallest absolute Gasteiger partial charge is 0.0731 e. The Morgan fingerprint density at radius 1 is 1.77 bits per heavy atom. The molecule has 1 rings (SSSR count). The summed E-state index contributed by atoms with van der Waals surface area (Å²) >= 11 is 5.29. The Hall–Kier alpha value is -0.120. The van der Waals surface area contributed by atoms with Gasteiger partial charge in [-0.3, -0.25) is 0 Å². The highest BCUT2D eigenvalue weighted by molar-refractivity contribution is 9.11. The standard InChI is InChI=1S/C10H14BrNS/c1-4-8(12-5-2)9-6-7(3)10(11)13-9/h4,6,8,12H,1,5H2,2-3H3. The maximum absolute atomic E-state index is 3.82. The summed E-state index contributed by atoms with van der Waals surface area (Å²) in [5.41, 5.74) is 1.30. The van der Waals surface area contributed by atoms with E-state index >= 15 is 0 Å². The minimum atomic E-state index is 0.292. The molecule has 3 heteroatoms. The van der Waals surface area contributed by atoms with Crippen LogP contribution in [0.4, 0.5) is 0 Å². The predicted molar refractivity (Wildman–Crippen MR) is 63.4 cm³/mol. The van der Waals surface area contributed by atoms with Crippen molar-refractivity contribution < 1.29 is 0 Å². The lowest BCUT2D eigenvalue weighted by Gasteiger charge is -2.10. The summed E-state index contributed by atoms with van der Waals surface area (Å²) in [5, 5.41) is 3.36. The van der Waals surface area contributed by atoms with Gasteiger partial charge < -0.3 is 5.32 Å². The van der Waals surface area contributed by atoms with Crippen LogP contribution in [0.25, 0.3) is 0 Å². The summed E-state index contributed by atoms with van der Waals surface area (Å²) in [6.45, 7) is 9.00. The van der Waals surface area contributed by atoms with Crippen molar-refractivity contribution in [3.8, 4) is 0 Å². The third-order valence-corrected chi connectivity index (χ3v) is 4.06. The number of hydrogen-bond donors (Lipinski definition) is 1.